The summed E-state index contributed by atoms with van der Waals surface area (Å²) in [6.07, 6.45) is 2.26. The summed E-state index contributed by atoms with van der Waals surface area (Å²) in [6, 6.07) is 8.99. The molecule has 0 spiro atoms. The first-order valence-corrected chi connectivity index (χ1v) is 7.63. The van der Waals surface area contributed by atoms with E-state index in [-0.39, 0.29) is 11.8 Å². The summed E-state index contributed by atoms with van der Waals surface area (Å²) < 4.78 is 0. The van der Waals surface area contributed by atoms with Crippen LogP contribution in [0.15, 0.2) is 24.3 Å². The van der Waals surface area contributed by atoms with E-state index in [4.69, 9.17) is 0 Å². The molecule has 1 saturated heterocycles. The summed E-state index contributed by atoms with van der Waals surface area (Å²) in [5.74, 6) is 0.245. The van der Waals surface area contributed by atoms with Crippen LogP contribution in [0, 0.1) is 12.8 Å². The maximum Gasteiger partial charge on any atom is 0.222 e. The SMILES string of the molecule is Cc1cccc(CN2CCCC(NC(=O)C(C)C)C2)c1. The van der Waals surface area contributed by atoms with Gasteiger partial charge in [0.15, 0.2) is 0 Å². The summed E-state index contributed by atoms with van der Waals surface area (Å²) >= 11 is 0. The van der Waals surface area contributed by atoms with Gasteiger partial charge in [0.25, 0.3) is 0 Å². The predicted octanol–water partition coefficient (Wildman–Crippen LogP) is 2.73. The van der Waals surface area contributed by atoms with Crippen molar-refractivity contribution in [1.29, 1.82) is 0 Å². The van der Waals surface area contributed by atoms with Gasteiger partial charge in [-0.25, -0.2) is 0 Å². The normalized spacial score (nSPS) is 20.1. The number of nitrogens with zero attached hydrogens (tertiary/aromatic N) is 1. The van der Waals surface area contributed by atoms with Crippen LogP contribution in [-0.4, -0.2) is 29.9 Å². The number of benzene rings is 1. The maximum absolute atomic E-state index is 11.8. The van der Waals surface area contributed by atoms with E-state index in [1.807, 2.05) is 13.8 Å². The van der Waals surface area contributed by atoms with E-state index in [9.17, 15) is 4.79 Å². The van der Waals surface area contributed by atoms with Crippen molar-refractivity contribution in [2.24, 2.45) is 5.92 Å². The molecule has 0 aliphatic carbocycles. The second-order valence-corrected chi connectivity index (χ2v) is 6.23. The summed E-state index contributed by atoms with van der Waals surface area (Å²) in [5.41, 5.74) is 2.67. The molecular weight excluding hydrogens is 248 g/mol. The van der Waals surface area contributed by atoms with Gasteiger partial charge in [-0.2, -0.15) is 0 Å². The minimum atomic E-state index is 0.0714. The van der Waals surface area contributed by atoms with Crippen LogP contribution in [0.4, 0.5) is 0 Å². The van der Waals surface area contributed by atoms with Gasteiger partial charge < -0.3 is 5.32 Å². The van der Waals surface area contributed by atoms with Crippen LogP contribution < -0.4 is 5.32 Å². The third kappa shape index (κ3) is 4.34. The predicted molar refractivity (Wildman–Crippen MR) is 82.5 cm³/mol. The molecule has 1 aromatic rings. The van der Waals surface area contributed by atoms with Crippen molar-refractivity contribution >= 4 is 5.91 Å². The van der Waals surface area contributed by atoms with Crippen molar-refractivity contribution in [1.82, 2.24) is 10.2 Å². The zero-order valence-corrected chi connectivity index (χ0v) is 12.9. The first-order valence-electron chi connectivity index (χ1n) is 7.63. The number of nitrogens with one attached hydrogen (secondary N) is 1. The van der Waals surface area contributed by atoms with Crippen LogP contribution >= 0.6 is 0 Å². The molecule has 1 heterocycles. The molecule has 2 rings (SSSR count). The molecule has 0 bridgehead atoms. The van der Waals surface area contributed by atoms with E-state index in [1.54, 1.807) is 0 Å². The van der Waals surface area contributed by atoms with Gasteiger partial charge in [-0.15, -0.1) is 0 Å². The van der Waals surface area contributed by atoms with Gasteiger partial charge in [0, 0.05) is 25.0 Å². The van der Waals surface area contributed by atoms with Gasteiger partial charge >= 0.3 is 0 Å². The van der Waals surface area contributed by atoms with Crippen molar-refractivity contribution in [3.63, 3.8) is 0 Å². The van der Waals surface area contributed by atoms with Crippen molar-refractivity contribution in [3.8, 4) is 0 Å². The third-order valence-corrected chi connectivity index (χ3v) is 3.86. The Hall–Kier alpha value is -1.35. The van der Waals surface area contributed by atoms with E-state index in [0.717, 1.165) is 32.5 Å². The second kappa shape index (κ2) is 6.89. The molecule has 3 nitrogen and oxygen atoms in total. The Morgan fingerprint density at radius 1 is 1.45 bits per heavy atom. The number of carbonyl (C=O) groups is 1. The van der Waals surface area contributed by atoms with Crippen LogP contribution in [-0.2, 0) is 11.3 Å². The Balaban J connectivity index is 1.89. The Kier molecular flexibility index (Phi) is 5.18. The van der Waals surface area contributed by atoms with Gasteiger partial charge in [-0.1, -0.05) is 43.7 Å². The van der Waals surface area contributed by atoms with Gasteiger partial charge in [-0.05, 0) is 31.9 Å². The van der Waals surface area contributed by atoms with E-state index in [0.29, 0.717) is 6.04 Å². The first kappa shape index (κ1) is 15.0. The van der Waals surface area contributed by atoms with Crippen molar-refractivity contribution in [2.75, 3.05) is 13.1 Å². The molecule has 1 aliphatic heterocycles. The molecule has 0 radical (unpaired) electrons. The monoisotopic (exact) mass is 274 g/mol. The van der Waals surface area contributed by atoms with Crippen LogP contribution in [0.2, 0.25) is 0 Å². The smallest absolute Gasteiger partial charge is 0.222 e. The number of hydrogen-bond acceptors (Lipinski definition) is 2. The lowest BCUT2D eigenvalue weighted by atomic mass is 10.0. The van der Waals surface area contributed by atoms with Crippen molar-refractivity contribution in [3.05, 3.63) is 35.4 Å². The zero-order chi connectivity index (χ0) is 14.5. The molecule has 20 heavy (non-hydrogen) atoms. The fourth-order valence-corrected chi connectivity index (χ4v) is 2.75. The quantitative estimate of drug-likeness (QED) is 0.915. The van der Waals surface area contributed by atoms with E-state index >= 15 is 0 Å². The lowest BCUT2D eigenvalue weighted by Gasteiger charge is -2.33. The van der Waals surface area contributed by atoms with Gasteiger partial charge in [0.2, 0.25) is 5.91 Å². The Bertz CT molecular complexity index is 456. The fourth-order valence-electron chi connectivity index (χ4n) is 2.75. The van der Waals surface area contributed by atoms with E-state index in [1.165, 1.54) is 11.1 Å². The number of rotatable bonds is 4. The highest BCUT2D eigenvalue weighted by atomic mass is 16.1. The number of amides is 1. The van der Waals surface area contributed by atoms with Crippen LogP contribution in [0.1, 0.15) is 37.8 Å². The summed E-state index contributed by atoms with van der Waals surface area (Å²) in [7, 11) is 0. The second-order valence-electron chi connectivity index (χ2n) is 6.23. The average Bonchev–Trinajstić information content (AvgIpc) is 2.39. The minimum Gasteiger partial charge on any atom is -0.352 e. The minimum absolute atomic E-state index is 0.0714. The number of aryl methyl sites for hydroxylation is 1. The number of carbonyl (C=O) groups excluding carboxylic acids is 1. The highest BCUT2D eigenvalue weighted by Crippen LogP contribution is 2.15. The van der Waals surface area contributed by atoms with Gasteiger partial charge in [-0.3, -0.25) is 9.69 Å². The molecule has 0 saturated carbocycles. The lowest BCUT2D eigenvalue weighted by Crippen LogP contribution is -2.48. The molecule has 1 aliphatic rings. The molecule has 110 valence electrons. The van der Waals surface area contributed by atoms with Gasteiger partial charge in [0.1, 0.15) is 0 Å². The molecule has 3 heteroatoms. The van der Waals surface area contributed by atoms with Crippen LogP contribution in [0.3, 0.4) is 0 Å². The largest absolute Gasteiger partial charge is 0.352 e. The van der Waals surface area contributed by atoms with Crippen molar-refractivity contribution < 1.29 is 4.79 Å². The summed E-state index contributed by atoms with van der Waals surface area (Å²) in [5, 5.41) is 3.16. The number of likely N-dealkylation sites (tertiary alicyclic amines) is 1. The zero-order valence-electron chi connectivity index (χ0n) is 12.9. The maximum atomic E-state index is 11.8. The van der Waals surface area contributed by atoms with Crippen LogP contribution in [0.5, 0.6) is 0 Å². The van der Waals surface area contributed by atoms with Crippen LogP contribution in [0.25, 0.3) is 0 Å². The first-order chi connectivity index (χ1) is 9.54. The van der Waals surface area contributed by atoms with E-state index in [2.05, 4.69) is 41.4 Å². The molecule has 1 fully saturated rings. The molecule has 0 aromatic heterocycles. The molecular formula is C17H26N2O. The Labute approximate surface area is 122 Å². The topological polar surface area (TPSA) is 32.3 Å². The Morgan fingerprint density at radius 2 is 2.25 bits per heavy atom. The Morgan fingerprint density at radius 3 is 2.95 bits per heavy atom. The van der Waals surface area contributed by atoms with E-state index < -0.39 is 0 Å². The number of hydrogen-bond donors (Lipinski definition) is 1. The molecule has 1 aromatic carbocycles. The fraction of sp³-hybridized carbons (Fsp3) is 0.588. The average molecular weight is 274 g/mol. The molecule has 1 N–H and O–H groups in total. The summed E-state index contributed by atoms with van der Waals surface area (Å²) in [6.45, 7) is 9.10. The standard InChI is InChI=1S/C17H26N2O/c1-13(2)17(20)18-16-8-5-9-19(12-16)11-15-7-4-6-14(3)10-15/h4,6-7,10,13,16H,5,8-9,11-12H2,1-3H3,(H,18,20). The summed E-state index contributed by atoms with van der Waals surface area (Å²) in [4.78, 5) is 14.2. The highest BCUT2D eigenvalue weighted by Gasteiger charge is 2.22. The molecule has 1 atom stereocenters. The van der Waals surface area contributed by atoms with Crippen molar-refractivity contribution in [2.45, 2.75) is 46.2 Å². The third-order valence-electron chi connectivity index (χ3n) is 3.86. The molecule has 1 unspecified atom stereocenters. The number of piperidine rings is 1. The molecule has 1 amide bonds. The van der Waals surface area contributed by atoms with Gasteiger partial charge in [0.05, 0.1) is 0 Å². The lowest BCUT2D eigenvalue weighted by molar-refractivity contribution is -0.125. The highest BCUT2D eigenvalue weighted by molar-refractivity contribution is 5.78.